The normalized spacial score (nSPS) is 25.9. The molecular formula is C15H23NO3. The largest absolute Gasteiger partial charge is 0.493 e. The van der Waals surface area contributed by atoms with E-state index < -0.39 is 0 Å². The molecule has 0 saturated carbocycles. The Bertz CT molecular complexity index is 445. The summed E-state index contributed by atoms with van der Waals surface area (Å²) < 4.78 is 16.6. The van der Waals surface area contributed by atoms with Crippen LogP contribution in [-0.2, 0) is 4.74 Å². The Morgan fingerprint density at radius 1 is 1.21 bits per heavy atom. The van der Waals surface area contributed by atoms with Crippen molar-refractivity contribution >= 4 is 0 Å². The molecule has 1 saturated heterocycles. The Morgan fingerprint density at radius 2 is 1.89 bits per heavy atom. The summed E-state index contributed by atoms with van der Waals surface area (Å²) in [6.45, 7) is 7.13. The van der Waals surface area contributed by atoms with Crippen molar-refractivity contribution in [2.24, 2.45) is 0 Å². The first-order chi connectivity index (χ1) is 8.96. The quantitative estimate of drug-likeness (QED) is 0.911. The van der Waals surface area contributed by atoms with Gasteiger partial charge in [-0.3, -0.25) is 0 Å². The molecule has 1 fully saturated rings. The van der Waals surface area contributed by atoms with Crippen molar-refractivity contribution in [2.45, 2.75) is 38.5 Å². The number of morpholine rings is 1. The van der Waals surface area contributed by atoms with E-state index in [0.29, 0.717) is 6.61 Å². The van der Waals surface area contributed by atoms with E-state index in [0.717, 1.165) is 17.1 Å². The standard InChI is InChI=1S/C15H23NO3/c1-10-14(19-9-15(2,3)16-10)11-6-7-12(17-4)13(8-11)18-5/h6-8,10,14,16H,9H2,1-5H3. The van der Waals surface area contributed by atoms with Crippen molar-refractivity contribution in [3.05, 3.63) is 23.8 Å². The smallest absolute Gasteiger partial charge is 0.161 e. The van der Waals surface area contributed by atoms with Crippen LogP contribution < -0.4 is 14.8 Å². The molecule has 1 aromatic rings. The summed E-state index contributed by atoms with van der Waals surface area (Å²) in [5.74, 6) is 1.48. The number of ether oxygens (including phenoxy) is 3. The molecule has 1 N–H and O–H groups in total. The highest BCUT2D eigenvalue weighted by molar-refractivity contribution is 5.43. The molecule has 1 aromatic carbocycles. The Hall–Kier alpha value is -1.26. The molecule has 0 aliphatic carbocycles. The van der Waals surface area contributed by atoms with Gasteiger partial charge in [-0.05, 0) is 38.5 Å². The fourth-order valence-electron chi connectivity index (χ4n) is 2.59. The van der Waals surface area contributed by atoms with E-state index in [1.54, 1.807) is 14.2 Å². The van der Waals surface area contributed by atoms with Crippen LogP contribution in [0.2, 0.25) is 0 Å². The first-order valence-corrected chi connectivity index (χ1v) is 6.58. The third-order valence-corrected chi connectivity index (χ3v) is 3.43. The third kappa shape index (κ3) is 3.01. The molecule has 0 bridgehead atoms. The van der Waals surface area contributed by atoms with Crippen LogP contribution in [-0.4, -0.2) is 32.4 Å². The zero-order chi connectivity index (χ0) is 14.0. The Kier molecular flexibility index (Phi) is 4.02. The van der Waals surface area contributed by atoms with Crippen LogP contribution in [0, 0.1) is 0 Å². The summed E-state index contributed by atoms with van der Waals surface area (Å²) in [5.41, 5.74) is 1.13. The first-order valence-electron chi connectivity index (χ1n) is 6.58. The maximum absolute atomic E-state index is 6.01. The summed E-state index contributed by atoms with van der Waals surface area (Å²) in [6, 6.07) is 6.19. The Morgan fingerprint density at radius 3 is 2.47 bits per heavy atom. The summed E-state index contributed by atoms with van der Waals surface area (Å²) in [6.07, 6.45) is 0.0350. The molecule has 1 heterocycles. The molecule has 2 unspecified atom stereocenters. The predicted molar refractivity (Wildman–Crippen MR) is 74.9 cm³/mol. The minimum Gasteiger partial charge on any atom is -0.493 e. The average Bonchev–Trinajstić information content (AvgIpc) is 2.37. The highest BCUT2D eigenvalue weighted by atomic mass is 16.5. The van der Waals surface area contributed by atoms with Crippen molar-refractivity contribution in [1.29, 1.82) is 0 Å². The van der Waals surface area contributed by atoms with E-state index in [9.17, 15) is 0 Å². The second-order valence-corrected chi connectivity index (χ2v) is 5.66. The van der Waals surface area contributed by atoms with Gasteiger partial charge in [0.15, 0.2) is 11.5 Å². The van der Waals surface area contributed by atoms with Crippen molar-refractivity contribution in [2.75, 3.05) is 20.8 Å². The van der Waals surface area contributed by atoms with Gasteiger partial charge >= 0.3 is 0 Å². The minimum absolute atomic E-state index is 0.0203. The van der Waals surface area contributed by atoms with Crippen LogP contribution >= 0.6 is 0 Å². The minimum atomic E-state index is 0.0203. The molecule has 106 valence electrons. The zero-order valence-electron chi connectivity index (χ0n) is 12.3. The van der Waals surface area contributed by atoms with Crippen LogP contribution in [0.15, 0.2) is 18.2 Å². The second-order valence-electron chi connectivity index (χ2n) is 5.66. The summed E-state index contributed by atoms with van der Waals surface area (Å²) in [5, 5.41) is 3.57. The lowest BCUT2D eigenvalue weighted by Gasteiger charge is -2.41. The molecule has 4 nitrogen and oxygen atoms in total. The number of benzene rings is 1. The second kappa shape index (κ2) is 5.39. The van der Waals surface area contributed by atoms with Crippen molar-refractivity contribution in [1.82, 2.24) is 5.32 Å². The molecule has 4 heteroatoms. The maximum atomic E-state index is 6.01. The van der Waals surface area contributed by atoms with Gasteiger partial charge in [0.25, 0.3) is 0 Å². The van der Waals surface area contributed by atoms with E-state index in [-0.39, 0.29) is 17.7 Å². The highest BCUT2D eigenvalue weighted by Gasteiger charge is 2.33. The highest BCUT2D eigenvalue weighted by Crippen LogP contribution is 2.34. The number of rotatable bonds is 3. The van der Waals surface area contributed by atoms with Gasteiger partial charge in [0.2, 0.25) is 0 Å². The molecule has 2 atom stereocenters. The van der Waals surface area contributed by atoms with Gasteiger partial charge in [-0.15, -0.1) is 0 Å². The summed E-state index contributed by atoms with van der Waals surface area (Å²) >= 11 is 0. The monoisotopic (exact) mass is 265 g/mol. The van der Waals surface area contributed by atoms with E-state index >= 15 is 0 Å². The van der Waals surface area contributed by atoms with E-state index in [4.69, 9.17) is 14.2 Å². The molecule has 0 radical (unpaired) electrons. The van der Waals surface area contributed by atoms with Gasteiger partial charge in [-0.2, -0.15) is 0 Å². The van der Waals surface area contributed by atoms with Crippen LogP contribution in [0.5, 0.6) is 11.5 Å². The predicted octanol–water partition coefficient (Wildman–Crippen LogP) is 2.53. The van der Waals surface area contributed by atoms with E-state index in [2.05, 4.69) is 26.1 Å². The zero-order valence-corrected chi connectivity index (χ0v) is 12.3. The van der Waals surface area contributed by atoms with Gasteiger partial charge in [-0.25, -0.2) is 0 Å². The maximum Gasteiger partial charge on any atom is 0.161 e. The topological polar surface area (TPSA) is 39.7 Å². The van der Waals surface area contributed by atoms with Crippen LogP contribution in [0.4, 0.5) is 0 Å². The van der Waals surface area contributed by atoms with E-state index in [1.165, 1.54) is 0 Å². The molecule has 0 amide bonds. The lowest BCUT2D eigenvalue weighted by molar-refractivity contribution is -0.0496. The molecule has 2 rings (SSSR count). The van der Waals surface area contributed by atoms with E-state index in [1.807, 2.05) is 18.2 Å². The fourth-order valence-corrected chi connectivity index (χ4v) is 2.59. The number of hydrogen-bond acceptors (Lipinski definition) is 4. The van der Waals surface area contributed by atoms with Crippen molar-refractivity contribution < 1.29 is 14.2 Å². The molecule has 1 aliphatic heterocycles. The number of hydrogen-bond donors (Lipinski definition) is 1. The van der Waals surface area contributed by atoms with Gasteiger partial charge in [-0.1, -0.05) is 6.07 Å². The van der Waals surface area contributed by atoms with Crippen LogP contribution in [0.3, 0.4) is 0 Å². The van der Waals surface area contributed by atoms with Crippen molar-refractivity contribution in [3.63, 3.8) is 0 Å². The number of nitrogens with one attached hydrogen (secondary N) is 1. The van der Waals surface area contributed by atoms with Crippen molar-refractivity contribution in [3.8, 4) is 11.5 Å². The van der Waals surface area contributed by atoms with Gasteiger partial charge in [0.1, 0.15) is 0 Å². The van der Waals surface area contributed by atoms with Crippen LogP contribution in [0.25, 0.3) is 0 Å². The Balaban J connectivity index is 2.23. The lowest BCUT2D eigenvalue weighted by atomic mass is 9.95. The van der Waals surface area contributed by atoms with Crippen LogP contribution in [0.1, 0.15) is 32.4 Å². The van der Waals surface area contributed by atoms with Gasteiger partial charge in [0, 0.05) is 11.6 Å². The molecule has 1 aliphatic rings. The van der Waals surface area contributed by atoms with Gasteiger partial charge < -0.3 is 19.5 Å². The molecule has 19 heavy (non-hydrogen) atoms. The summed E-state index contributed by atoms with van der Waals surface area (Å²) in [7, 11) is 3.29. The SMILES string of the molecule is COc1ccc(C2OCC(C)(C)NC2C)cc1OC. The molecular weight excluding hydrogens is 242 g/mol. The van der Waals surface area contributed by atoms with Gasteiger partial charge in [0.05, 0.1) is 26.9 Å². The summed E-state index contributed by atoms with van der Waals surface area (Å²) in [4.78, 5) is 0. The lowest BCUT2D eigenvalue weighted by Crippen LogP contribution is -2.55. The fraction of sp³-hybridized carbons (Fsp3) is 0.600. The first kappa shape index (κ1) is 14.2. The third-order valence-electron chi connectivity index (χ3n) is 3.43. The number of methoxy groups -OCH3 is 2. The Labute approximate surface area is 115 Å². The molecule has 0 aromatic heterocycles. The average molecular weight is 265 g/mol. The molecule has 0 spiro atoms.